The molecule has 9 nitrogen and oxygen atoms in total. The van der Waals surface area contributed by atoms with E-state index in [1.54, 1.807) is 0 Å². The van der Waals surface area contributed by atoms with Gasteiger partial charge in [-0.1, -0.05) is 35.1 Å². The summed E-state index contributed by atoms with van der Waals surface area (Å²) in [6, 6.07) is 20.5. The van der Waals surface area contributed by atoms with E-state index in [0.29, 0.717) is 13.1 Å². The summed E-state index contributed by atoms with van der Waals surface area (Å²) in [5.74, 6) is 0. The summed E-state index contributed by atoms with van der Waals surface area (Å²) in [5, 5.41) is 19.4. The number of benzene rings is 3. The highest BCUT2D eigenvalue weighted by Gasteiger charge is 2.25. The van der Waals surface area contributed by atoms with Gasteiger partial charge in [0.15, 0.2) is 0 Å². The van der Waals surface area contributed by atoms with Crippen LogP contribution in [0.1, 0.15) is 24.0 Å². The van der Waals surface area contributed by atoms with Crippen molar-refractivity contribution >= 4 is 44.4 Å². The first-order valence-electron chi connectivity index (χ1n) is 12.7. The number of para-hydroxylation sites is 1. The molecule has 1 aliphatic rings. The number of likely N-dealkylation sites (tertiary alicyclic amines) is 1. The minimum atomic E-state index is -0.132. The number of nitrogens with zero attached hydrogens (tertiary/aromatic N) is 8. The van der Waals surface area contributed by atoms with Crippen molar-refractivity contribution < 1.29 is 4.79 Å². The number of rotatable bonds is 2. The summed E-state index contributed by atoms with van der Waals surface area (Å²) in [5.41, 5.74) is 8.52. The van der Waals surface area contributed by atoms with Crippen molar-refractivity contribution in [1.82, 2.24) is 39.5 Å². The third-order valence-electron chi connectivity index (χ3n) is 7.59. The molecule has 9 heteroatoms. The smallest absolute Gasteiger partial charge is 0.322 e. The minimum absolute atomic E-state index is 0.132. The standard InChI is InChI=1S/C29H26N8O/c1-34-25-9-7-20(15-22(25)17-30-34)28(21-8-10-26-23(16-21)18-31-35(26)2)19-11-13-36(14-12-19)29(38)37-27-6-4-3-5-24(27)32-33-37/h3-10,15-18H,11-14H2,1-2H3. The van der Waals surface area contributed by atoms with Gasteiger partial charge in [0.1, 0.15) is 5.52 Å². The van der Waals surface area contributed by atoms with E-state index in [1.165, 1.54) is 15.8 Å². The van der Waals surface area contributed by atoms with Crippen LogP contribution in [0.15, 0.2) is 78.6 Å². The van der Waals surface area contributed by atoms with Crippen LogP contribution in [0.2, 0.25) is 0 Å². The largest absolute Gasteiger partial charge is 0.346 e. The van der Waals surface area contributed by atoms with Crippen LogP contribution in [0.25, 0.3) is 38.4 Å². The maximum absolute atomic E-state index is 13.3. The normalized spacial score (nSPS) is 14.2. The van der Waals surface area contributed by atoms with E-state index >= 15 is 0 Å². The van der Waals surface area contributed by atoms with Crippen molar-refractivity contribution in [2.45, 2.75) is 12.8 Å². The van der Waals surface area contributed by atoms with Crippen molar-refractivity contribution in [2.75, 3.05) is 13.1 Å². The molecule has 0 spiro atoms. The number of fused-ring (bicyclic) bond motifs is 3. The Morgan fingerprint density at radius 1 is 0.763 bits per heavy atom. The van der Waals surface area contributed by atoms with Gasteiger partial charge in [-0.15, -0.1) is 5.10 Å². The van der Waals surface area contributed by atoms with Gasteiger partial charge in [-0.2, -0.15) is 14.9 Å². The van der Waals surface area contributed by atoms with E-state index in [-0.39, 0.29) is 6.03 Å². The molecule has 1 aliphatic heterocycles. The number of hydrogen-bond donors (Lipinski definition) is 0. The number of aromatic nitrogens is 7. The van der Waals surface area contributed by atoms with Gasteiger partial charge < -0.3 is 4.90 Å². The topological polar surface area (TPSA) is 86.7 Å². The van der Waals surface area contributed by atoms with E-state index in [1.807, 2.05) is 65.0 Å². The fourth-order valence-electron chi connectivity index (χ4n) is 5.58. The molecule has 1 amide bonds. The monoisotopic (exact) mass is 502 g/mol. The lowest BCUT2D eigenvalue weighted by molar-refractivity contribution is 0.193. The van der Waals surface area contributed by atoms with Crippen molar-refractivity contribution in [1.29, 1.82) is 0 Å². The Morgan fingerprint density at radius 2 is 1.37 bits per heavy atom. The van der Waals surface area contributed by atoms with Crippen LogP contribution in [0.4, 0.5) is 4.79 Å². The lowest BCUT2D eigenvalue weighted by atomic mass is 9.87. The Bertz CT molecular complexity index is 1800. The molecule has 3 aromatic heterocycles. The van der Waals surface area contributed by atoms with Crippen LogP contribution in [0.3, 0.4) is 0 Å². The number of amides is 1. The lowest BCUT2D eigenvalue weighted by Crippen LogP contribution is -2.39. The number of carbonyl (C=O) groups is 1. The van der Waals surface area contributed by atoms with Crippen molar-refractivity contribution in [3.05, 3.63) is 89.8 Å². The average molecular weight is 503 g/mol. The fraction of sp³-hybridized carbons (Fsp3) is 0.207. The molecule has 0 unspecified atom stereocenters. The Labute approximate surface area is 218 Å². The molecule has 7 rings (SSSR count). The third kappa shape index (κ3) is 3.58. The molecular formula is C29H26N8O. The predicted octanol–water partition coefficient (Wildman–Crippen LogP) is 4.77. The molecule has 3 aromatic carbocycles. The van der Waals surface area contributed by atoms with Crippen LogP contribution in [0.5, 0.6) is 0 Å². The number of aryl methyl sites for hydroxylation is 2. The first-order chi connectivity index (χ1) is 18.6. The summed E-state index contributed by atoms with van der Waals surface area (Å²) in [7, 11) is 3.92. The highest BCUT2D eigenvalue weighted by atomic mass is 16.2. The Morgan fingerprint density at radius 3 is 2.00 bits per heavy atom. The maximum atomic E-state index is 13.3. The van der Waals surface area contributed by atoms with Crippen LogP contribution in [-0.2, 0) is 14.1 Å². The molecule has 0 saturated carbocycles. The van der Waals surface area contributed by atoms with E-state index in [9.17, 15) is 4.79 Å². The molecule has 6 aromatic rings. The molecule has 4 heterocycles. The maximum Gasteiger partial charge on any atom is 0.346 e. The van der Waals surface area contributed by atoms with Crippen LogP contribution in [-0.4, -0.2) is 58.6 Å². The summed E-state index contributed by atoms with van der Waals surface area (Å²) in [6.45, 7) is 1.24. The van der Waals surface area contributed by atoms with Crippen molar-refractivity contribution in [2.24, 2.45) is 14.1 Å². The highest BCUT2D eigenvalue weighted by molar-refractivity contribution is 5.92. The summed E-state index contributed by atoms with van der Waals surface area (Å²) >= 11 is 0. The van der Waals surface area contributed by atoms with Gasteiger partial charge in [-0.05, 0) is 65.9 Å². The van der Waals surface area contributed by atoms with E-state index < -0.39 is 0 Å². The predicted molar refractivity (Wildman–Crippen MR) is 147 cm³/mol. The Kier molecular flexibility index (Phi) is 5.10. The zero-order valence-corrected chi connectivity index (χ0v) is 21.2. The van der Waals surface area contributed by atoms with Gasteiger partial charge in [0.2, 0.25) is 0 Å². The Hall–Kier alpha value is -4.79. The van der Waals surface area contributed by atoms with Crippen molar-refractivity contribution in [3.8, 4) is 0 Å². The summed E-state index contributed by atoms with van der Waals surface area (Å²) < 4.78 is 5.20. The average Bonchev–Trinajstić information content (AvgIpc) is 3.66. The third-order valence-corrected chi connectivity index (χ3v) is 7.59. The first-order valence-corrected chi connectivity index (χ1v) is 12.7. The second-order valence-electron chi connectivity index (χ2n) is 9.82. The fourth-order valence-corrected chi connectivity index (χ4v) is 5.58. The van der Waals surface area contributed by atoms with Gasteiger partial charge in [-0.25, -0.2) is 4.79 Å². The minimum Gasteiger partial charge on any atom is -0.322 e. The van der Waals surface area contributed by atoms with Crippen LogP contribution in [0, 0.1) is 0 Å². The molecule has 38 heavy (non-hydrogen) atoms. The molecule has 0 aliphatic carbocycles. The van der Waals surface area contributed by atoms with Crippen LogP contribution >= 0.6 is 0 Å². The zero-order chi connectivity index (χ0) is 25.8. The molecule has 0 atom stereocenters. The van der Waals surface area contributed by atoms with Gasteiger partial charge in [0, 0.05) is 38.0 Å². The van der Waals surface area contributed by atoms with Gasteiger partial charge in [-0.3, -0.25) is 9.36 Å². The van der Waals surface area contributed by atoms with E-state index in [0.717, 1.165) is 56.8 Å². The lowest BCUT2D eigenvalue weighted by Gasteiger charge is -2.30. The summed E-state index contributed by atoms with van der Waals surface area (Å²) in [4.78, 5) is 15.2. The quantitative estimate of drug-likeness (QED) is 0.340. The Balaban J connectivity index is 1.27. The molecule has 0 radical (unpaired) electrons. The molecule has 1 fully saturated rings. The van der Waals surface area contributed by atoms with E-state index in [4.69, 9.17) is 0 Å². The van der Waals surface area contributed by atoms with E-state index in [2.05, 4.69) is 56.9 Å². The zero-order valence-electron chi connectivity index (χ0n) is 21.2. The molecule has 1 saturated heterocycles. The second kappa shape index (κ2) is 8.65. The van der Waals surface area contributed by atoms with Gasteiger partial charge in [0.05, 0.1) is 28.9 Å². The molecule has 188 valence electrons. The second-order valence-corrected chi connectivity index (χ2v) is 9.82. The number of piperidine rings is 1. The first kappa shape index (κ1) is 22.4. The van der Waals surface area contributed by atoms with Crippen molar-refractivity contribution in [3.63, 3.8) is 0 Å². The highest BCUT2D eigenvalue weighted by Crippen LogP contribution is 2.35. The van der Waals surface area contributed by atoms with Gasteiger partial charge >= 0.3 is 6.03 Å². The van der Waals surface area contributed by atoms with Crippen LogP contribution < -0.4 is 0 Å². The van der Waals surface area contributed by atoms with Gasteiger partial charge in [0.25, 0.3) is 0 Å². The number of hydrogen-bond acceptors (Lipinski definition) is 5. The number of carbonyl (C=O) groups excluding carboxylic acids is 1. The summed E-state index contributed by atoms with van der Waals surface area (Å²) in [6.07, 6.45) is 5.39. The molecular weight excluding hydrogens is 476 g/mol. The SMILES string of the molecule is Cn1ncc2cc(C(=C3CCN(C(=O)n4nnc5ccccc54)CC3)c3ccc4c(cnn4C)c3)ccc21. The molecule has 0 N–H and O–H groups in total. The molecule has 0 bridgehead atoms.